The molecule has 27 heavy (non-hydrogen) atoms. The van der Waals surface area contributed by atoms with Crippen LogP contribution >= 0.6 is 0 Å². The van der Waals surface area contributed by atoms with Crippen LogP contribution in [-0.2, 0) is 10.2 Å². The first kappa shape index (κ1) is 20.4. The Morgan fingerprint density at radius 2 is 1.96 bits per heavy atom. The lowest BCUT2D eigenvalue weighted by molar-refractivity contribution is -0.120. The topological polar surface area (TPSA) is 106 Å². The molecule has 1 heterocycles. The van der Waals surface area contributed by atoms with Gasteiger partial charge in [0, 0.05) is 5.41 Å². The van der Waals surface area contributed by atoms with Crippen molar-refractivity contribution in [1.29, 1.82) is 0 Å². The highest BCUT2D eigenvalue weighted by Crippen LogP contribution is 2.20. The van der Waals surface area contributed by atoms with E-state index in [0.717, 1.165) is 0 Å². The van der Waals surface area contributed by atoms with Crippen LogP contribution in [0.25, 0.3) is 0 Å². The average Bonchev–Trinajstić information content (AvgIpc) is 3.11. The summed E-state index contributed by atoms with van der Waals surface area (Å²) in [5.74, 6) is 0.627. The van der Waals surface area contributed by atoms with Crippen LogP contribution in [0.15, 0.2) is 28.8 Å². The van der Waals surface area contributed by atoms with Crippen LogP contribution in [0.2, 0.25) is 0 Å². The van der Waals surface area contributed by atoms with Gasteiger partial charge < -0.3 is 19.9 Å². The molecule has 2 rings (SSSR count). The van der Waals surface area contributed by atoms with E-state index in [0.29, 0.717) is 29.6 Å². The molecule has 1 atom stereocenters. The van der Waals surface area contributed by atoms with Crippen LogP contribution in [-0.4, -0.2) is 35.1 Å². The Morgan fingerprint density at radius 3 is 2.59 bits per heavy atom. The Hall–Kier alpha value is -2.90. The predicted octanol–water partition coefficient (Wildman–Crippen LogP) is 2.37. The zero-order chi connectivity index (χ0) is 20.0. The predicted molar refractivity (Wildman–Crippen MR) is 99.5 cm³/mol. The van der Waals surface area contributed by atoms with Gasteiger partial charge in [0.05, 0.1) is 18.7 Å². The number of amides is 2. The molecule has 146 valence electrons. The number of hydrogen-bond acceptors (Lipinski definition) is 6. The maximum atomic E-state index is 12.3. The second-order valence-corrected chi connectivity index (χ2v) is 7.11. The van der Waals surface area contributed by atoms with Crippen LogP contribution in [0.4, 0.5) is 0 Å². The van der Waals surface area contributed by atoms with Gasteiger partial charge in [0.1, 0.15) is 11.8 Å². The first-order valence-electron chi connectivity index (χ1n) is 8.85. The Bertz CT molecular complexity index is 795. The van der Waals surface area contributed by atoms with Crippen molar-refractivity contribution in [2.24, 2.45) is 0 Å². The van der Waals surface area contributed by atoms with Gasteiger partial charge in [-0.1, -0.05) is 38.1 Å². The first-order valence-corrected chi connectivity index (χ1v) is 8.85. The standard InChI is InChI=1S/C19H26N4O4/c1-6-26-14-10-8-7-9-13(14)16(25)20-11-15(24)21-12(2)17-22-18(23-27-17)19(3,4)5/h7-10,12H,6,11H2,1-5H3,(H,20,25)(H,21,24). The van der Waals surface area contributed by atoms with Crippen molar-refractivity contribution < 1.29 is 18.8 Å². The minimum atomic E-state index is -0.464. The van der Waals surface area contributed by atoms with Gasteiger partial charge in [-0.05, 0) is 26.0 Å². The van der Waals surface area contributed by atoms with Gasteiger partial charge in [-0.3, -0.25) is 9.59 Å². The van der Waals surface area contributed by atoms with Gasteiger partial charge in [-0.25, -0.2) is 0 Å². The van der Waals surface area contributed by atoms with Gasteiger partial charge >= 0.3 is 0 Å². The van der Waals surface area contributed by atoms with Crippen molar-refractivity contribution in [2.45, 2.75) is 46.1 Å². The Labute approximate surface area is 158 Å². The molecule has 8 nitrogen and oxygen atoms in total. The smallest absolute Gasteiger partial charge is 0.255 e. The summed E-state index contributed by atoms with van der Waals surface area (Å²) in [5, 5.41) is 9.25. The van der Waals surface area contributed by atoms with Crippen molar-refractivity contribution in [3.8, 4) is 5.75 Å². The highest BCUT2D eigenvalue weighted by Gasteiger charge is 2.24. The van der Waals surface area contributed by atoms with E-state index in [4.69, 9.17) is 9.26 Å². The molecule has 8 heteroatoms. The second kappa shape index (κ2) is 8.66. The third-order valence-corrected chi connectivity index (χ3v) is 3.70. The lowest BCUT2D eigenvalue weighted by Gasteiger charge is -2.13. The van der Waals surface area contributed by atoms with E-state index < -0.39 is 6.04 Å². The van der Waals surface area contributed by atoms with Crippen molar-refractivity contribution in [3.05, 3.63) is 41.5 Å². The van der Waals surface area contributed by atoms with Crippen molar-refractivity contribution >= 4 is 11.8 Å². The molecule has 0 fully saturated rings. The molecular formula is C19H26N4O4. The fourth-order valence-corrected chi connectivity index (χ4v) is 2.26. The lowest BCUT2D eigenvalue weighted by Crippen LogP contribution is -2.38. The van der Waals surface area contributed by atoms with E-state index in [1.807, 2.05) is 27.7 Å². The summed E-state index contributed by atoms with van der Waals surface area (Å²) in [6.07, 6.45) is 0. The largest absolute Gasteiger partial charge is 0.493 e. The third-order valence-electron chi connectivity index (χ3n) is 3.70. The molecule has 0 aliphatic carbocycles. The van der Waals surface area contributed by atoms with Crippen LogP contribution < -0.4 is 15.4 Å². The van der Waals surface area contributed by atoms with E-state index >= 15 is 0 Å². The number of rotatable bonds is 7. The molecule has 0 bridgehead atoms. The number of nitrogens with zero attached hydrogens (tertiary/aromatic N) is 2. The monoisotopic (exact) mass is 374 g/mol. The Morgan fingerprint density at radius 1 is 1.26 bits per heavy atom. The molecule has 0 aliphatic heterocycles. The Kier molecular flexibility index (Phi) is 6.55. The SMILES string of the molecule is CCOc1ccccc1C(=O)NCC(=O)NC(C)c1nc(C(C)(C)C)no1. The van der Waals surface area contributed by atoms with E-state index in [1.54, 1.807) is 31.2 Å². The zero-order valence-electron chi connectivity index (χ0n) is 16.3. The molecule has 0 spiro atoms. The number of carbonyl (C=O) groups excluding carboxylic acids is 2. The van der Waals surface area contributed by atoms with E-state index in [9.17, 15) is 9.59 Å². The quantitative estimate of drug-likeness (QED) is 0.771. The first-order chi connectivity index (χ1) is 12.7. The van der Waals surface area contributed by atoms with E-state index in [1.165, 1.54) is 0 Å². The summed E-state index contributed by atoms with van der Waals surface area (Å²) in [6.45, 7) is 9.77. The Balaban J connectivity index is 1.90. The number of carbonyl (C=O) groups is 2. The second-order valence-electron chi connectivity index (χ2n) is 7.11. The summed E-state index contributed by atoms with van der Waals surface area (Å²) < 4.78 is 10.6. The summed E-state index contributed by atoms with van der Waals surface area (Å²) in [6, 6.07) is 6.42. The molecule has 2 aromatic rings. The number of benzene rings is 1. The number of ether oxygens (including phenoxy) is 1. The summed E-state index contributed by atoms with van der Waals surface area (Å²) in [5.41, 5.74) is 0.139. The fraction of sp³-hybridized carbons (Fsp3) is 0.474. The molecule has 0 radical (unpaired) electrons. The van der Waals surface area contributed by atoms with Gasteiger partial charge in [-0.2, -0.15) is 4.98 Å². The zero-order valence-corrected chi connectivity index (χ0v) is 16.3. The average molecular weight is 374 g/mol. The van der Waals surface area contributed by atoms with Crippen molar-refractivity contribution in [3.63, 3.8) is 0 Å². The minimum absolute atomic E-state index is 0.177. The third kappa shape index (κ3) is 5.54. The number of aromatic nitrogens is 2. The molecule has 1 aromatic heterocycles. The van der Waals surface area contributed by atoms with Crippen molar-refractivity contribution in [1.82, 2.24) is 20.8 Å². The number of para-hydroxylation sites is 1. The molecule has 1 aromatic carbocycles. The maximum Gasteiger partial charge on any atom is 0.255 e. The summed E-state index contributed by atoms with van der Waals surface area (Å²) in [7, 11) is 0. The molecule has 1 unspecified atom stereocenters. The minimum Gasteiger partial charge on any atom is -0.493 e. The summed E-state index contributed by atoms with van der Waals surface area (Å²) >= 11 is 0. The fourth-order valence-electron chi connectivity index (χ4n) is 2.26. The summed E-state index contributed by atoms with van der Waals surface area (Å²) in [4.78, 5) is 28.7. The van der Waals surface area contributed by atoms with Gasteiger partial charge in [0.25, 0.3) is 5.91 Å². The van der Waals surface area contributed by atoms with Gasteiger partial charge in [0.15, 0.2) is 5.82 Å². The number of nitrogens with one attached hydrogen (secondary N) is 2. The maximum absolute atomic E-state index is 12.3. The van der Waals surface area contributed by atoms with Gasteiger partial charge in [-0.15, -0.1) is 0 Å². The van der Waals surface area contributed by atoms with Crippen molar-refractivity contribution in [2.75, 3.05) is 13.2 Å². The van der Waals surface area contributed by atoms with Crippen LogP contribution in [0, 0.1) is 0 Å². The molecule has 0 saturated carbocycles. The lowest BCUT2D eigenvalue weighted by atomic mass is 9.96. The molecular weight excluding hydrogens is 348 g/mol. The van der Waals surface area contributed by atoms with Crippen LogP contribution in [0.5, 0.6) is 5.75 Å². The highest BCUT2D eigenvalue weighted by atomic mass is 16.5. The van der Waals surface area contributed by atoms with Gasteiger partial charge in [0.2, 0.25) is 11.8 Å². The highest BCUT2D eigenvalue weighted by molar-refractivity contribution is 5.98. The molecule has 2 amide bonds. The van der Waals surface area contributed by atoms with E-state index in [2.05, 4.69) is 20.8 Å². The molecule has 2 N–H and O–H groups in total. The van der Waals surface area contributed by atoms with Crippen LogP contribution in [0.3, 0.4) is 0 Å². The van der Waals surface area contributed by atoms with Crippen LogP contribution in [0.1, 0.15) is 62.7 Å². The number of hydrogen-bond donors (Lipinski definition) is 2. The molecule has 0 aliphatic rings. The van der Waals surface area contributed by atoms with E-state index in [-0.39, 0.29) is 23.8 Å². The molecule has 0 saturated heterocycles. The normalized spacial score (nSPS) is 12.3.